The minimum atomic E-state index is -0.315. The molecule has 0 unspecified atom stereocenters. The molecule has 7 heteroatoms. The maximum absolute atomic E-state index is 12.4. The van der Waals surface area contributed by atoms with E-state index in [2.05, 4.69) is 5.32 Å². The summed E-state index contributed by atoms with van der Waals surface area (Å²) in [4.78, 5) is 26.0. The molecule has 2 rings (SSSR count). The van der Waals surface area contributed by atoms with Crippen LogP contribution in [-0.2, 0) is 11.3 Å². The van der Waals surface area contributed by atoms with Crippen molar-refractivity contribution in [2.75, 3.05) is 19.6 Å². The van der Waals surface area contributed by atoms with Gasteiger partial charge in [0.1, 0.15) is 0 Å². The zero-order valence-corrected chi connectivity index (χ0v) is 14.8. The third-order valence-electron chi connectivity index (χ3n) is 3.57. The van der Waals surface area contributed by atoms with E-state index in [1.807, 2.05) is 30.3 Å². The summed E-state index contributed by atoms with van der Waals surface area (Å²) in [5, 5.41) is 2.69. The fourth-order valence-electron chi connectivity index (χ4n) is 2.31. The fraction of sp³-hybridized carbons (Fsp3) is 0.333. The second-order valence-corrected chi connectivity index (χ2v) is 5.43. The number of rotatable bonds is 9. The Hall–Kier alpha value is -2.31. The Morgan fingerprint density at radius 1 is 1.12 bits per heavy atom. The van der Waals surface area contributed by atoms with Gasteiger partial charge in [0, 0.05) is 26.1 Å². The summed E-state index contributed by atoms with van der Waals surface area (Å²) in [5.41, 5.74) is 6.63. The molecule has 1 heterocycles. The summed E-state index contributed by atoms with van der Waals surface area (Å²) in [6.07, 6.45) is 2.43. The normalized spacial score (nSPS) is 9.96. The van der Waals surface area contributed by atoms with Gasteiger partial charge in [0.25, 0.3) is 5.91 Å². The number of amides is 2. The molecule has 2 amide bonds. The minimum absolute atomic E-state index is 0. The maximum atomic E-state index is 12.4. The second-order valence-electron chi connectivity index (χ2n) is 5.43. The van der Waals surface area contributed by atoms with E-state index in [9.17, 15) is 9.59 Å². The number of furan rings is 1. The van der Waals surface area contributed by atoms with Gasteiger partial charge >= 0.3 is 0 Å². The molecule has 0 saturated carbocycles. The largest absolute Gasteiger partial charge is 0.459 e. The van der Waals surface area contributed by atoms with E-state index >= 15 is 0 Å². The van der Waals surface area contributed by atoms with E-state index in [1.165, 1.54) is 6.26 Å². The first-order valence-electron chi connectivity index (χ1n) is 8.04. The number of halogens is 1. The average Bonchev–Trinajstić information content (AvgIpc) is 3.14. The van der Waals surface area contributed by atoms with Crippen LogP contribution >= 0.6 is 12.4 Å². The topological polar surface area (TPSA) is 88.6 Å². The monoisotopic (exact) mass is 365 g/mol. The van der Waals surface area contributed by atoms with Crippen molar-refractivity contribution in [2.45, 2.75) is 19.4 Å². The van der Waals surface area contributed by atoms with E-state index in [1.54, 1.807) is 17.0 Å². The van der Waals surface area contributed by atoms with Crippen LogP contribution in [0.15, 0.2) is 53.1 Å². The number of hydrogen-bond donors (Lipinski definition) is 2. The molecule has 25 heavy (non-hydrogen) atoms. The van der Waals surface area contributed by atoms with E-state index in [-0.39, 0.29) is 42.9 Å². The van der Waals surface area contributed by atoms with Crippen LogP contribution in [0.3, 0.4) is 0 Å². The maximum Gasteiger partial charge on any atom is 0.286 e. The van der Waals surface area contributed by atoms with Crippen molar-refractivity contribution in [2.24, 2.45) is 5.73 Å². The lowest BCUT2D eigenvalue weighted by atomic mass is 10.2. The Morgan fingerprint density at radius 2 is 1.88 bits per heavy atom. The molecule has 0 aliphatic rings. The molecule has 0 spiro atoms. The molecule has 136 valence electrons. The van der Waals surface area contributed by atoms with Gasteiger partial charge in [0.05, 0.1) is 6.26 Å². The highest BCUT2D eigenvalue weighted by Gasteiger charge is 2.14. The van der Waals surface area contributed by atoms with Gasteiger partial charge in [0.2, 0.25) is 5.91 Å². The first-order chi connectivity index (χ1) is 11.7. The van der Waals surface area contributed by atoms with Gasteiger partial charge in [0.15, 0.2) is 5.76 Å². The van der Waals surface area contributed by atoms with Crippen LogP contribution in [0.4, 0.5) is 0 Å². The lowest BCUT2D eigenvalue weighted by Gasteiger charge is -2.23. The first kappa shape index (κ1) is 20.7. The van der Waals surface area contributed by atoms with Crippen molar-refractivity contribution in [1.29, 1.82) is 0 Å². The average molecular weight is 366 g/mol. The van der Waals surface area contributed by atoms with Gasteiger partial charge < -0.3 is 20.4 Å². The molecular formula is C18H24ClN3O3. The number of nitrogens with one attached hydrogen (secondary N) is 1. The van der Waals surface area contributed by atoms with Gasteiger partial charge in [-0.05, 0) is 30.7 Å². The Labute approximate surface area is 153 Å². The zero-order chi connectivity index (χ0) is 17.2. The van der Waals surface area contributed by atoms with Crippen molar-refractivity contribution >= 4 is 24.2 Å². The van der Waals surface area contributed by atoms with Crippen molar-refractivity contribution in [1.82, 2.24) is 10.2 Å². The zero-order valence-electron chi connectivity index (χ0n) is 14.0. The number of hydrogen-bond acceptors (Lipinski definition) is 4. The van der Waals surface area contributed by atoms with Gasteiger partial charge in [-0.2, -0.15) is 0 Å². The molecule has 0 radical (unpaired) electrons. The van der Waals surface area contributed by atoms with Crippen molar-refractivity contribution in [3.05, 3.63) is 60.1 Å². The van der Waals surface area contributed by atoms with Crippen LogP contribution in [0.2, 0.25) is 0 Å². The SMILES string of the molecule is Cl.NCCCN(Cc1ccccc1)C(=O)CCNC(=O)c1ccco1. The Bertz CT molecular complexity index is 632. The number of nitrogens with two attached hydrogens (primary N) is 1. The van der Waals surface area contributed by atoms with E-state index in [0.717, 1.165) is 12.0 Å². The molecule has 0 saturated heterocycles. The predicted octanol–water partition coefficient (Wildman–Crippen LogP) is 2.20. The van der Waals surface area contributed by atoms with Crippen LogP contribution < -0.4 is 11.1 Å². The third kappa shape index (κ3) is 6.99. The molecular weight excluding hydrogens is 342 g/mol. The van der Waals surface area contributed by atoms with Crippen LogP contribution in [0.5, 0.6) is 0 Å². The molecule has 0 fully saturated rings. The molecule has 0 aliphatic carbocycles. The van der Waals surface area contributed by atoms with E-state index in [4.69, 9.17) is 10.2 Å². The number of nitrogens with zero attached hydrogens (tertiary/aromatic N) is 1. The summed E-state index contributed by atoms with van der Waals surface area (Å²) in [7, 11) is 0. The molecule has 0 aliphatic heterocycles. The van der Waals surface area contributed by atoms with Crippen molar-refractivity contribution < 1.29 is 14.0 Å². The molecule has 0 bridgehead atoms. The van der Waals surface area contributed by atoms with Crippen LogP contribution in [0.1, 0.15) is 29.0 Å². The third-order valence-corrected chi connectivity index (χ3v) is 3.57. The van der Waals surface area contributed by atoms with Crippen molar-refractivity contribution in [3.63, 3.8) is 0 Å². The smallest absolute Gasteiger partial charge is 0.286 e. The van der Waals surface area contributed by atoms with Gasteiger partial charge in [-0.15, -0.1) is 12.4 Å². The van der Waals surface area contributed by atoms with E-state index < -0.39 is 0 Å². The van der Waals surface area contributed by atoms with Crippen LogP contribution in [-0.4, -0.2) is 36.3 Å². The molecule has 1 aromatic heterocycles. The second kappa shape index (κ2) is 11.3. The predicted molar refractivity (Wildman–Crippen MR) is 98.4 cm³/mol. The molecule has 2 aromatic rings. The Balaban J connectivity index is 0.00000312. The molecule has 1 aromatic carbocycles. The van der Waals surface area contributed by atoms with Crippen LogP contribution in [0.25, 0.3) is 0 Å². The molecule has 0 atom stereocenters. The highest BCUT2D eigenvalue weighted by Crippen LogP contribution is 2.07. The minimum Gasteiger partial charge on any atom is -0.459 e. The molecule has 6 nitrogen and oxygen atoms in total. The van der Waals surface area contributed by atoms with Gasteiger partial charge in [-0.3, -0.25) is 9.59 Å². The summed E-state index contributed by atoms with van der Waals surface area (Å²) in [6, 6.07) is 13.0. The Morgan fingerprint density at radius 3 is 2.52 bits per heavy atom. The van der Waals surface area contributed by atoms with Gasteiger partial charge in [-0.25, -0.2) is 0 Å². The first-order valence-corrected chi connectivity index (χ1v) is 8.04. The standard InChI is InChI=1S/C18H23N3O3.ClH/c19-10-5-12-21(14-15-6-2-1-3-7-15)17(22)9-11-20-18(23)16-8-4-13-24-16;/h1-4,6-8,13H,5,9-12,14,19H2,(H,20,23);1H. The lowest BCUT2D eigenvalue weighted by Crippen LogP contribution is -2.35. The number of benzene rings is 1. The highest BCUT2D eigenvalue weighted by molar-refractivity contribution is 5.91. The lowest BCUT2D eigenvalue weighted by molar-refractivity contribution is -0.131. The van der Waals surface area contributed by atoms with E-state index in [0.29, 0.717) is 19.6 Å². The summed E-state index contributed by atoms with van der Waals surface area (Å²) in [6.45, 7) is 1.96. The summed E-state index contributed by atoms with van der Waals surface area (Å²) in [5.74, 6) is -0.0804. The quantitative estimate of drug-likeness (QED) is 0.713. The summed E-state index contributed by atoms with van der Waals surface area (Å²) < 4.78 is 5.01. The summed E-state index contributed by atoms with van der Waals surface area (Å²) >= 11 is 0. The van der Waals surface area contributed by atoms with Crippen LogP contribution in [0, 0.1) is 0 Å². The fourth-order valence-corrected chi connectivity index (χ4v) is 2.31. The van der Waals surface area contributed by atoms with Gasteiger partial charge in [-0.1, -0.05) is 30.3 Å². The highest BCUT2D eigenvalue weighted by atomic mass is 35.5. The Kier molecular flexibility index (Phi) is 9.36. The number of carbonyl (C=O) groups is 2. The van der Waals surface area contributed by atoms with Crippen molar-refractivity contribution in [3.8, 4) is 0 Å². The number of carbonyl (C=O) groups excluding carboxylic acids is 2. The molecule has 3 N–H and O–H groups in total.